The zero-order valence-corrected chi connectivity index (χ0v) is 10.7. The van der Waals surface area contributed by atoms with Gasteiger partial charge in [0.1, 0.15) is 5.03 Å². The first kappa shape index (κ1) is 11.5. The molecule has 4 nitrogen and oxygen atoms in total. The minimum absolute atomic E-state index is 0.416. The van der Waals surface area contributed by atoms with E-state index in [-0.39, 0.29) is 0 Å². The Bertz CT molecular complexity index is 492. The number of rotatable bonds is 3. The molecule has 0 aromatic carbocycles. The highest BCUT2D eigenvalue weighted by molar-refractivity contribution is 9.10. The van der Waals surface area contributed by atoms with Crippen molar-refractivity contribution in [2.45, 2.75) is 16.7 Å². The highest BCUT2D eigenvalue weighted by Gasteiger charge is 2.05. The number of nitrogens with two attached hydrogens (primary N) is 1. The molecule has 0 aliphatic carbocycles. The van der Waals surface area contributed by atoms with Crippen molar-refractivity contribution in [2.75, 3.05) is 0 Å². The highest BCUT2D eigenvalue weighted by Crippen LogP contribution is 2.28. The van der Waals surface area contributed by atoms with Crippen molar-refractivity contribution in [3.05, 3.63) is 40.8 Å². The van der Waals surface area contributed by atoms with E-state index in [0.29, 0.717) is 11.7 Å². The van der Waals surface area contributed by atoms with Crippen LogP contribution in [0.4, 0.5) is 0 Å². The van der Waals surface area contributed by atoms with E-state index in [9.17, 15) is 0 Å². The Morgan fingerprint density at radius 3 is 2.88 bits per heavy atom. The second-order valence-electron chi connectivity index (χ2n) is 2.93. The predicted octanol–water partition coefficient (Wildman–Crippen LogP) is 2.24. The lowest BCUT2D eigenvalue weighted by atomic mass is 10.4. The van der Waals surface area contributed by atoms with Crippen LogP contribution in [-0.4, -0.2) is 15.0 Å². The molecule has 0 spiro atoms. The molecular formula is C10H9BrN4S. The van der Waals surface area contributed by atoms with Crippen molar-refractivity contribution < 1.29 is 0 Å². The fourth-order valence-electron chi connectivity index (χ4n) is 1.07. The van der Waals surface area contributed by atoms with Gasteiger partial charge in [-0.15, -0.1) is 0 Å². The molecule has 0 saturated heterocycles. The van der Waals surface area contributed by atoms with Crippen LogP contribution in [-0.2, 0) is 6.54 Å². The highest BCUT2D eigenvalue weighted by atomic mass is 79.9. The fourth-order valence-corrected chi connectivity index (χ4v) is 2.30. The molecule has 0 unspecified atom stereocenters. The molecular weight excluding hydrogens is 288 g/mol. The fraction of sp³-hybridized carbons (Fsp3) is 0.100. The maximum Gasteiger partial charge on any atom is 0.194 e. The monoisotopic (exact) mass is 296 g/mol. The zero-order chi connectivity index (χ0) is 11.4. The Morgan fingerprint density at radius 1 is 1.25 bits per heavy atom. The Morgan fingerprint density at radius 2 is 2.12 bits per heavy atom. The maximum absolute atomic E-state index is 5.52. The first-order valence-electron chi connectivity index (χ1n) is 4.60. The summed E-state index contributed by atoms with van der Waals surface area (Å²) in [7, 11) is 0. The Balaban J connectivity index is 2.24. The van der Waals surface area contributed by atoms with Crippen molar-refractivity contribution in [1.82, 2.24) is 15.0 Å². The SMILES string of the molecule is NCc1ccnc(Sc2ncccc2Br)n1. The molecule has 2 rings (SSSR count). The smallest absolute Gasteiger partial charge is 0.194 e. The van der Waals surface area contributed by atoms with Gasteiger partial charge in [-0.1, -0.05) is 0 Å². The van der Waals surface area contributed by atoms with E-state index in [4.69, 9.17) is 5.73 Å². The van der Waals surface area contributed by atoms with E-state index < -0.39 is 0 Å². The number of pyridine rings is 1. The average Bonchev–Trinajstić information content (AvgIpc) is 2.32. The quantitative estimate of drug-likeness (QED) is 0.880. The van der Waals surface area contributed by atoms with Crippen LogP contribution in [0.15, 0.2) is 45.2 Å². The molecule has 0 radical (unpaired) electrons. The van der Waals surface area contributed by atoms with Gasteiger partial charge in [0, 0.05) is 18.9 Å². The summed E-state index contributed by atoms with van der Waals surface area (Å²) in [4.78, 5) is 12.7. The molecule has 6 heteroatoms. The van der Waals surface area contributed by atoms with Crippen molar-refractivity contribution in [2.24, 2.45) is 5.73 Å². The molecule has 0 saturated carbocycles. The number of aromatic nitrogens is 3. The van der Waals surface area contributed by atoms with Crippen LogP contribution in [0.3, 0.4) is 0 Å². The maximum atomic E-state index is 5.52. The van der Waals surface area contributed by atoms with Gasteiger partial charge in [0.05, 0.1) is 10.2 Å². The van der Waals surface area contributed by atoms with E-state index >= 15 is 0 Å². The molecule has 16 heavy (non-hydrogen) atoms. The Hall–Kier alpha value is -0.980. The second-order valence-corrected chi connectivity index (χ2v) is 4.74. The normalized spacial score (nSPS) is 10.4. The molecule has 0 aliphatic rings. The lowest BCUT2D eigenvalue weighted by Gasteiger charge is -2.02. The van der Waals surface area contributed by atoms with E-state index in [0.717, 1.165) is 15.2 Å². The van der Waals surface area contributed by atoms with Gasteiger partial charge in [-0.25, -0.2) is 15.0 Å². The lowest BCUT2D eigenvalue weighted by molar-refractivity contribution is 0.872. The van der Waals surface area contributed by atoms with Gasteiger partial charge in [-0.3, -0.25) is 0 Å². The summed E-state index contributed by atoms with van der Waals surface area (Å²) < 4.78 is 0.932. The van der Waals surface area contributed by atoms with E-state index in [2.05, 4.69) is 30.9 Å². The molecule has 82 valence electrons. The van der Waals surface area contributed by atoms with Gasteiger partial charge >= 0.3 is 0 Å². The van der Waals surface area contributed by atoms with Crippen LogP contribution < -0.4 is 5.73 Å². The summed E-state index contributed by atoms with van der Waals surface area (Å²) in [6.07, 6.45) is 3.44. The number of halogens is 1. The van der Waals surface area contributed by atoms with Crippen molar-refractivity contribution >= 4 is 27.7 Å². The third-order valence-corrected chi connectivity index (χ3v) is 3.61. The van der Waals surface area contributed by atoms with Crippen LogP contribution >= 0.6 is 27.7 Å². The summed E-state index contributed by atoms with van der Waals surface area (Å²) in [6, 6.07) is 5.60. The topological polar surface area (TPSA) is 64.7 Å². The van der Waals surface area contributed by atoms with E-state index in [1.807, 2.05) is 12.1 Å². The minimum Gasteiger partial charge on any atom is -0.325 e. The minimum atomic E-state index is 0.416. The summed E-state index contributed by atoms with van der Waals surface area (Å²) in [5, 5.41) is 1.50. The van der Waals surface area contributed by atoms with Gasteiger partial charge < -0.3 is 5.73 Å². The average molecular weight is 297 g/mol. The summed E-state index contributed by atoms with van der Waals surface area (Å²) >= 11 is 4.83. The molecule has 0 fully saturated rings. The first-order valence-corrected chi connectivity index (χ1v) is 6.21. The van der Waals surface area contributed by atoms with Gasteiger partial charge in [0.15, 0.2) is 5.16 Å². The van der Waals surface area contributed by atoms with Crippen molar-refractivity contribution in [1.29, 1.82) is 0 Å². The van der Waals surface area contributed by atoms with Gasteiger partial charge in [0.25, 0.3) is 0 Å². The second kappa shape index (κ2) is 5.38. The molecule has 0 atom stereocenters. The molecule has 2 N–H and O–H groups in total. The zero-order valence-electron chi connectivity index (χ0n) is 8.30. The van der Waals surface area contributed by atoms with Crippen LogP contribution in [0.5, 0.6) is 0 Å². The van der Waals surface area contributed by atoms with Gasteiger partial charge in [0.2, 0.25) is 0 Å². The number of hydrogen-bond acceptors (Lipinski definition) is 5. The van der Waals surface area contributed by atoms with Crippen LogP contribution in [0.25, 0.3) is 0 Å². The van der Waals surface area contributed by atoms with Gasteiger partial charge in [-0.2, -0.15) is 0 Å². The number of nitrogens with zero attached hydrogens (tertiary/aromatic N) is 3. The first-order chi connectivity index (χ1) is 7.79. The molecule has 0 bridgehead atoms. The van der Waals surface area contributed by atoms with Gasteiger partial charge in [-0.05, 0) is 45.9 Å². The Labute approximate surface area is 106 Å². The molecule has 0 aliphatic heterocycles. The van der Waals surface area contributed by atoms with Crippen molar-refractivity contribution in [3.8, 4) is 0 Å². The Kier molecular flexibility index (Phi) is 3.87. The summed E-state index contributed by atoms with van der Waals surface area (Å²) in [5.74, 6) is 0. The molecule has 2 aromatic heterocycles. The summed E-state index contributed by atoms with van der Waals surface area (Å²) in [6.45, 7) is 0.416. The van der Waals surface area contributed by atoms with Crippen molar-refractivity contribution in [3.63, 3.8) is 0 Å². The largest absolute Gasteiger partial charge is 0.325 e. The standard InChI is InChI=1S/C10H9BrN4S/c11-8-2-1-4-13-9(8)16-10-14-5-3-7(6-12)15-10/h1-5H,6,12H2. The molecule has 2 heterocycles. The van der Waals surface area contributed by atoms with E-state index in [1.165, 1.54) is 11.8 Å². The predicted molar refractivity (Wildman–Crippen MR) is 66.0 cm³/mol. The molecule has 2 aromatic rings. The molecule has 0 amide bonds. The third-order valence-electron chi connectivity index (χ3n) is 1.81. The van der Waals surface area contributed by atoms with Crippen LogP contribution in [0.2, 0.25) is 0 Å². The van der Waals surface area contributed by atoms with E-state index in [1.54, 1.807) is 18.5 Å². The third kappa shape index (κ3) is 2.78. The van der Waals surface area contributed by atoms with Crippen LogP contribution in [0, 0.1) is 0 Å². The van der Waals surface area contributed by atoms with Crippen LogP contribution in [0.1, 0.15) is 5.69 Å². The lowest BCUT2D eigenvalue weighted by Crippen LogP contribution is -2.00. The summed E-state index contributed by atoms with van der Waals surface area (Å²) in [5.41, 5.74) is 6.34. The number of hydrogen-bond donors (Lipinski definition) is 1.